The third kappa shape index (κ3) is 5.00. The lowest BCUT2D eigenvalue weighted by molar-refractivity contribution is -0.136. The first-order valence-electron chi connectivity index (χ1n) is 12.2. The standard InChI is InChI=1S/C26H30N4O5/c1-34-19-7-6-17(27-14-19)13-28-21-4-2-3-5-23(21)35-18-8-9-20-16(12-18)15-30(26(20)33)22-10-11-24(31)29-25(22)32/h6-9,12,14,21-23,28H,2-5,10-11,13,15H2,1H3,(H,29,31,32)/t21-,22?,23-/m0/s1. The first-order valence-corrected chi connectivity index (χ1v) is 12.2. The first-order chi connectivity index (χ1) is 17.0. The fourth-order valence-corrected chi connectivity index (χ4v) is 5.14. The van der Waals surface area contributed by atoms with Crippen LogP contribution in [0.4, 0.5) is 0 Å². The predicted octanol–water partition coefficient (Wildman–Crippen LogP) is 2.33. The Morgan fingerprint density at radius 3 is 2.69 bits per heavy atom. The maximum atomic E-state index is 12.9. The van der Waals surface area contributed by atoms with Gasteiger partial charge in [0.05, 0.1) is 19.0 Å². The number of fused-ring (bicyclic) bond motifs is 1. The number of benzene rings is 1. The largest absolute Gasteiger partial charge is 0.495 e. The Morgan fingerprint density at radius 1 is 1.09 bits per heavy atom. The zero-order valence-electron chi connectivity index (χ0n) is 19.8. The van der Waals surface area contributed by atoms with Gasteiger partial charge < -0.3 is 19.7 Å². The van der Waals surface area contributed by atoms with Crippen molar-refractivity contribution < 1.29 is 23.9 Å². The van der Waals surface area contributed by atoms with Gasteiger partial charge in [-0.05, 0) is 61.6 Å². The molecule has 184 valence electrons. The highest BCUT2D eigenvalue weighted by Crippen LogP contribution is 2.32. The summed E-state index contributed by atoms with van der Waals surface area (Å²) in [5, 5.41) is 5.94. The van der Waals surface area contributed by atoms with Crippen molar-refractivity contribution in [2.24, 2.45) is 0 Å². The molecule has 1 aliphatic carbocycles. The number of piperidine rings is 1. The number of imide groups is 1. The highest BCUT2D eigenvalue weighted by atomic mass is 16.5. The molecule has 2 fully saturated rings. The molecule has 1 saturated carbocycles. The number of carbonyl (C=O) groups is 3. The summed E-state index contributed by atoms with van der Waals surface area (Å²) in [6, 6.07) is 8.97. The van der Waals surface area contributed by atoms with Crippen LogP contribution in [0.3, 0.4) is 0 Å². The number of hydrogen-bond donors (Lipinski definition) is 2. The number of hydrogen-bond acceptors (Lipinski definition) is 7. The smallest absolute Gasteiger partial charge is 0.255 e. The quantitative estimate of drug-likeness (QED) is 0.588. The molecular formula is C26H30N4O5. The van der Waals surface area contributed by atoms with E-state index in [-0.39, 0.29) is 30.4 Å². The van der Waals surface area contributed by atoms with Gasteiger partial charge in [0.1, 0.15) is 23.6 Å². The van der Waals surface area contributed by atoms with Crippen LogP contribution >= 0.6 is 0 Å². The molecule has 5 rings (SSSR count). The third-order valence-electron chi connectivity index (χ3n) is 7.06. The monoisotopic (exact) mass is 478 g/mol. The number of nitrogens with one attached hydrogen (secondary N) is 2. The summed E-state index contributed by atoms with van der Waals surface area (Å²) in [5.41, 5.74) is 2.38. The molecular weight excluding hydrogens is 448 g/mol. The van der Waals surface area contributed by atoms with Crippen molar-refractivity contribution in [3.05, 3.63) is 53.3 Å². The van der Waals surface area contributed by atoms with Crippen molar-refractivity contribution in [1.29, 1.82) is 0 Å². The molecule has 0 bridgehead atoms. The summed E-state index contributed by atoms with van der Waals surface area (Å²) in [6.45, 7) is 0.987. The normalized spacial score (nSPS) is 24.2. The molecule has 1 unspecified atom stereocenters. The van der Waals surface area contributed by atoms with E-state index in [2.05, 4.69) is 15.6 Å². The Labute approximate surface area is 204 Å². The topological polar surface area (TPSA) is 110 Å². The fourth-order valence-electron chi connectivity index (χ4n) is 5.14. The van der Waals surface area contributed by atoms with Gasteiger partial charge in [-0.2, -0.15) is 0 Å². The first kappa shape index (κ1) is 23.3. The van der Waals surface area contributed by atoms with Crippen molar-refractivity contribution in [2.45, 2.75) is 69.8 Å². The number of nitrogens with zero attached hydrogens (tertiary/aromatic N) is 2. The molecule has 0 spiro atoms. The Morgan fingerprint density at radius 2 is 1.91 bits per heavy atom. The maximum Gasteiger partial charge on any atom is 0.255 e. The van der Waals surface area contributed by atoms with Crippen LogP contribution < -0.4 is 20.1 Å². The van der Waals surface area contributed by atoms with E-state index >= 15 is 0 Å². The van der Waals surface area contributed by atoms with E-state index < -0.39 is 11.9 Å². The number of rotatable bonds is 7. The van der Waals surface area contributed by atoms with Gasteiger partial charge in [0.2, 0.25) is 11.8 Å². The van der Waals surface area contributed by atoms with Crippen molar-refractivity contribution in [3.63, 3.8) is 0 Å². The molecule has 1 aromatic carbocycles. The molecule has 3 atom stereocenters. The molecule has 3 amide bonds. The van der Waals surface area contributed by atoms with Crippen molar-refractivity contribution >= 4 is 17.7 Å². The van der Waals surface area contributed by atoms with Gasteiger partial charge in [-0.1, -0.05) is 6.42 Å². The number of methoxy groups -OCH3 is 1. The van der Waals surface area contributed by atoms with Crippen molar-refractivity contribution in [1.82, 2.24) is 20.5 Å². The summed E-state index contributed by atoms with van der Waals surface area (Å²) in [7, 11) is 1.63. The van der Waals surface area contributed by atoms with Crippen LogP contribution in [0, 0.1) is 0 Å². The lowest BCUT2D eigenvalue weighted by Gasteiger charge is -2.32. The van der Waals surface area contributed by atoms with Crippen LogP contribution in [0.2, 0.25) is 0 Å². The molecule has 1 aromatic heterocycles. The number of amides is 3. The predicted molar refractivity (Wildman–Crippen MR) is 127 cm³/mol. The van der Waals surface area contributed by atoms with Gasteiger partial charge in [-0.25, -0.2) is 0 Å². The minimum Gasteiger partial charge on any atom is -0.495 e. The average Bonchev–Trinajstić information content (AvgIpc) is 3.19. The number of pyridine rings is 1. The van der Waals surface area contributed by atoms with Crippen LogP contribution in [0.1, 0.15) is 60.1 Å². The Bertz CT molecular complexity index is 1120. The molecule has 1 saturated heterocycles. The second-order valence-corrected chi connectivity index (χ2v) is 9.34. The second kappa shape index (κ2) is 10.0. The summed E-state index contributed by atoms with van der Waals surface area (Å²) in [5.74, 6) is 0.595. The third-order valence-corrected chi connectivity index (χ3v) is 7.06. The lowest BCUT2D eigenvalue weighted by Crippen LogP contribution is -2.52. The van der Waals surface area contributed by atoms with Crippen molar-refractivity contribution in [2.75, 3.05) is 7.11 Å². The van der Waals surface area contributed by atoms with Crippen LogP contribution in [0.25, 0.3) is 0 Å². The van der Waals surface area contributed by atoms with Gasteiger partial charge in [-0.3, -0.25) is 24.7 Å². The van der Waals surface area contributed by atoms with Gasteiger partial charge >= 0.3 is 0 Å². The zero-order valence-corrected chi connectivity index (χ0v) is 19.8. The Hall–Kier alpha value is -3.46. The van der Waals surface area contributed by atoms with Gasteiger partial charge in [0, 0.05) is 31.1 Å². The fraction of sp³-hybridized carbons (Fsp3) is 0.462. The van der Waals surface area contributed by atoms with E-state index in [0.717, 1.165) is 48.4 Å². The van der Waals surface area contributed by atoms with Crippen LogP contribution in [0.15, 0.2) is 36.5 Å². The molecule has 3 heterocycles. The molecule has 9 nitrogen and oxygen atoms in total. The summed E-state index contributed by atoms with van der Waals surface area (Å²) in [6.07, 6.45) is 6.56. The molecule has 2 N–H and O–H groups in total. The SMILES string of the molecule is COc1ccc(CN[C@H]2CCCC[C@@H]2Oc2ccc3c(c2)CN(C2CCC(=O)NC2=O)C3=O)nc1. The van der Waals surface area contributed by atoms with E-state index in [1.165, 1.54) is 0 Å². The van der Waals surface area contributed by atoms with E-state index in [9.17, 15) is 14.4 Å². The number of aromatic nitrogens is 1. The lowest BCUT2D eigenvalue weighted by atomic mass is 9.92. The van der Waals surface area contributed by atoms with Crippen LogP contribution in [-0.4, -0.2) is 52.9 Å². The Balaban J connectivity index is 1.23. The highest BCUT2D eigenvalue weighted by molar-refractivity contribution is 6.05. The average molecular weight is 479 g/mol. The highest BCUT2D eigenvalue weighted by Gasteiger charge is 2.39. The zero-order chi connectivity index (χ0) is 24.4. The molecule has 9 heteroatoms. The molecule has 0 radical (unpaired) electrons. The van der Waals surface area contributed by atoms with Crippen LogP contribution in [0.5, 0.6) is 11.5 Å². The van der Waals surface area contributed by atoms with Gasteiger partial charge in [0.15, 0.2) is 0 Å². The van der Waals surface area contributed by atoms with E-state index in [4.69, 9.17) is 9.47 Å². The van der Waals surface area contributed by atoms with Gasteiger partial charge in [0.25, 0.3) is 5.91 Å². The van der Waals surface area contributed by atoms with Crippen LogP contribution in [-0.2, 0) is 22.7 Å². The molecule has 3 aliphatic rings. The molecule has 2 aromatic rings. The van der Waals surface area contributed by atoms with E-state index in [0.29, 0.717) is 25.1 Å². The van der Waals surface area contributed by atoms with E-state index in [1.54, 1.807) is 24.3 Å². The Kier molecular flexibility index (Phi) is 6.68. The molecule has 2 aliphatic heterocycles. The number of carbonyl (C=O) groups excluding carboxylic acids is 3. The second-order valence-electron chi connectivity index (χ2n) is 9.34. The summed E-state index contributed by atoms with van der Waals surface area (Å²) >= 11 is 0. The minimum absolute atomic E-state index is 0.0170. The molecule has 35 heavy (non-hydrogen) atoms. The maximum absolute atomic E-state index is 12.9. The van der Waals surface area contributed by atoms with E-state index in [1.807, 2.05) is 24.3 Å². The summed E-state index contributed by atoms with van der Waals surface area (Å²) < 4.78 is 11.6. The summed E-state index contributed by atoms with van der Waals surface area (Å²) in [4.78, 5) is 42.7. The van der Waals surface area contributed by atoms with Crippen molar-refractivity contribution in [3.8, 4) is 11.5 Å². The number of ether oxygens (including phenoxy) is 2. The minimum atomic E-state index is -0.615. The van der Waals surface area contributed by atoms with Gasteiger partial charge in [-0.15, -0.1) is 0 Å².